The van der Waals surface area contributed by atoms with Gasteiger partial charge in [0.05, 0.1) is 6.61 Å². The largest absolute Gasteiger partial charge is 0.384 e. The first-order valence-electron chi connectivity index (χ1n) is 7.13. The molecule has 0 saturated heterocycles. The molecular formula is C14H28N2O2. The van der Waals surface area contributed by atoms with E-state index in [2.05, 4.69) is 12.2 Å². The summed E-state index contributed by atoms with van der Waals surface area (Å²) in [5, 5.41) is 2.97. The Balaban J connectivity index is 2.06. The molecule has 4 nitrogen and oxygen atoms in total. The van der Waals surface area contributed by atoms with E-state index in [0.29, 0.717) is 37.5 Å². The van der Waals surface area contributed by atoms with Crippen LogP contribution in [0.5, 0.6) is 0 Å². The van der Waals surface area contributed by atoms with Crippen molar-refractivity contribution in [3.05, 3.63) is 0 Å². The van der Waals surface area contributed by atoms with Gasteiger partial charge in [0.25, 0.3) is 0 Å². The van der Waals surface area contributed by atoms with Gasteiger partial charge in [0.2, 0.25) is 5.91 Å². The van der Waals surface area contributed by atoms with Crippen molar-refractivity contribution in [2.75, 3.05) is 20.3 Å². The van der Waals surface area contributed by atoms with Crippen molar-refractivity contribution in [2.24, 2.45) is 17.6 Å². The molecule has 1 rings (SSSR count). The summed E-state index contributed by atoms with van der Waals surface area (Å²) < 4.78 is 5.04. The van der Waals surface area contributed by atoms with Gasteiger partial charge >= 0.3 is 0 Å². The van der Waals surface area contributed by atoms with E-state index in [1.165, 1.54) is 12.8 Å². The molecule has 1 unspecified atom stereocenters. The molecule has 1 fully saturated rings. The van der Waals surface area contributed by atoms with Crippen molar-refractivity contribution < 1.29 is 9.53 Å². The third-order valence-electron chi connectivity index (χ3n) is 3.77. The minimum atomic E-state index is 0.174. The van der Waals surface area contributed by atoms with Crippen LogP contribution in [0.15, 0.2) is 0 Å². The lowest BCUT2D eigenvalue weighted by Gasteiger charge is -2.25. The molecular weight excluding hydrogens is 228 g/mol. The number of carbonyl (C=O) groups is 1. The molecule has 0 aromatic heterocycles. The highest BCUT2D eigenvalue weighted by Crippen LogP contribution is 2.26. The molecule has 1 saturated carbocycles. The molecule has 106 valence electrons. The van der Waals surface area contributed by atoms with Gasteiger partial charge in [-0.3, -0.25) is 4.79 Å². The SMILES string of the molecule is COCC(C)CNC(=O)CCC1CCC(N)CC1. The second-order valence-corrected chi connectivity index (χ2v) is 5.68. The fourth-order valence-electron chi connectivity index (χ4n) is 2.53. The molecule has 0 bridgehead atoms. The molecule has 0 spiro atoms. The summed E-state index contributed by atoms with van der Waals surface area (Å²) in [4.78, 5) is 11.7. The van der Waals surface area contributed by atoms with E-state index in [1.54, 1.807) is 7.11 Å². The fraction of sp³-hybridized carbons (Fsp3) is 0.929. The topological polar surface area (TPSA) is 64.3 Å². The molecule has 4 heteroatoms. The molecule has 1 amide bonds. The van der Waals surface area contributed by atoms with Crippen molar-refractivity contribution in [2.45, 2.75) is 51.5 Å². The summed E-state index contributed by atoms with van der Waals surface area (Å²) in [6.45, 7) is 3.48. The lowest BCUT2D eigenvalue weighted by Crippen LogP contribution is -2.31. The first-order valence-corrected chi connectivity index (χ1v) is 7.13. The van der Waals surface area contributed by atoms with Crippen molar-refractivity contribution in [3.63, 3.8) is 0 Å². The number of methoxy groups -OCH3 is 1. The summed E-state index contributed by atoms with van der Waals surface area (Å²) >= 11 is 0. The van der Waals surface area contributed by atoms with Crippen molar-refractivity contribution >= 4 is 5.91 Å². The molecule has 3 N–H and O–H groups in total. The summed E-state index contributed by atoms with van der Waals surface area (Å²) in [5.41, 5.74) is 5.87. The first-order chi connectivity index (χ1) is 8.61. The van der Waals surface area contributed by atoms with Gasteiger partial charge in [0.15, 0.2) is 0 Å². The molecule has 0 aromatic rings. The van der Waals surface area contributed by atoms with Gasteiger partial charge in [-0.15, -0.1) is 0 Å². The van der Waals surface area contributed by atoms with Gasteiger partial charge in [-0.1, -0.05) is 6.92 Å². The summed E-state index contributed by atoms with van der Waals surface area (Å²) in [6, 6.07) is 0.393. The van der Waals surface area contributed by atoms with E-state index in [0.717, 1.165) is 19.3 Å². The Kier molecular flexibility index (Phi) is 7.28. The maximum absolute atomic E-state index is 11.7. The summed E-state index contributed by atoms with van der Waals surface area (Å²) in [6.07, 6.45) is 6.29. The maximum atomic E-state index is 11.7. The highest BCUT2D eigenvalue weighted by atomic mass is 16.5. The van der Waals surface area contributed by atoms with E-state index in [9.17, 15) is 4.79 Å². The highest BCUT2D eigenvalue weighted by molar-refractivity contribution is 5.75. The van der Waals surface area contributed by atoms with Crippen molar-refractivity contribution in [1.82, 2.24) is 5.32 Å². The number of nitrogens with one attached hydrogen (secondary N) is 1. The smallest absolute Gasteiger partial charge is 0.220 e. The van der Waals surface area contributed by atoms with Crippen LogP contribution in [0.4, 0.5) is 0 Å². The van der Waals surface area contributed by atoms with Crippen LogP contribution in [-0.2, 0) is 9.53 Å². The number of carbonyl (C=O) groups excluding carboxylic acids is 1. The van der Waals surface area contributed by atoms with Crippen LogP contribution in [0.25, 0.3) is 0 Å². The normalized spacial score (nSPS) is 25.7. The zero-order chi connectivity index (χ0) is 13.4. The Hall–Kier alpha value is -0.610. The molecule has 1 aliphatic rings. The van der Waals surface area contributed by atoms with Crippen molar-refractivity contribution in [3.8, 4) is 0 Å². The predicted octanol–water partition coefficient (Wildman–Crippen LogP) is 1.68. The Morgan fingerprint density at radius 1 is 1.39 bits per heavy atom. The molecule has 1 atom stereocenters. The van der Waals surface area contributed by atoms with Crippen LogP contribution in [-0.4, -0.2) is 32.2 Å². The first kappa shape index (κ1) is 15.4. The van der Waals surface area contributed by atoms with Gasteiger partial charge in [-0.25, -0.2) is 0 Å². The van der Waals surface area contributed by atoms with Crippen LogP contribution in [0, 0.1) is 11.8 Å². The van der Waals surface area contributed by atoms with Crippen LogP contribution in [0.3, 0.4) is 0 Å². The Bertz CT molecular complexity index is 238. The summed E-state index contributed by atoms with van der Waals surface area (Å²) in [5.74, 6) is 1.26. The number of rotatable bonds is 7. The Morgan fingerprint density at radius 2 is 2.06 bits per heavy atom. The number of amides is 1. The van der Waals surface area contributed by atoms with Gasteiger partial charge < -0.3 is 15.8 Å². The Morgan fingerprint density at radius 3 is 2.67 bits per heavy atom. The molecule has 0 heterocycles. The van der Waals surface area contributed by atoms with Crippen LogP contribution >= 0.6 is 0 Å². The molecule has 1 aliphatic carbocycles. The van der Waals surface area contributed by atoms with Gasteiger partial charge in [0, 0.05) is 26.1 Å². The highest BCUT2D eigenvalue weighted by Gasteiger charge is 2.19. The molecule has 0 radical (unpaired) electrons. The average molecular weight is 256 g/mol. The van der Waals surface area contributed by atoms with Gasteiger partial charge in [-0.05, 0) is 43.9 Å². The van der Waals surface area contributed by atoms with E-state index in [1.807, 2.05) is 0 Å². The van der Waals surface area contributed by atoms with Crippen molar-refractivity contribution in [1.29, 1.82) is 0 Å². The number of hydrogen-bond donors (Lipinski definition) is 2. The third-order valence-corrected chi connectivity index (χ3v) is 3.77. The predicted molar refractivity (Wildman–Crippen MR) is 73.2 cm³/mol. The summed E-state index contributed by atoms with van der Waals surface area (Å²) in [7, 11) is 1.69. The molecule has 18 heavy (non-hydrogen) atoms. The lowest BCUT2D eigenvalue weighted by molar-refractivity contribution is -0.121. The quantitative estimate of drug-likeness (QED) is 0.728. The number of hydrogen-bond acceptors (Lipinski definition) is 3. The zero-order valence-electron chi connectivity index (χ0n) is 11.8. The van der Waals surface area contributed by atoms with E-state index < -0.39 is 0 Å². The zero-order valence-corrected chi connectivity index (χ0v) is 11.8. The van der Waals surface area contributed by atoms with E-state index in [4.69, 9.17) is 10.5 Å². The monoisotopic (exact) mass is 256 g/mol. The maximum Gasteiger partial charge on any atom is 0.220 e. The van der Waals surface area contributed by atoms with Gasteiger partial charge in [-0.2, -0.15) is 0 Å². The van der Waals surface area contributed by atoms with E-state index in [-0.39, 0.29) is 5.91 Å². The second-order valence-electron chi connectivity index (χ2n) is 5.68. The minimum Gasteiger partial charge on any atom is -0.384 e. The minimum absolute atomic E-state index is 0.174. The standard InChI is InChI=1S/C14H28N2O2/c1-11(10-18-2)9-16-14(17)8-5-12-3-6-13(15)7-4-12/h11-13H,3-10,15H2,1-2H3,(H,16,17). The fourth-order valence-corrected chi connectivity index (χ4v) is 2.53. The van der Waals surface area contributed by atoms with Crippen LogP contribution in [0.2, 0.25) is 0 Å². The van der Waals surface area contributed by atoms with E-state index >= 15 is 0 Å². The average Bonchev–Trinajstić information content (AvgIpc) is 2.36. The van der Waals surface area contributed by atoms with Crippen LogP contribution < -0.4 is 11.1 Å². The second kappa shape index (κ2) is 8.48. The van der Waals surface area contributed by atoms with Crippen LogP contribution in [0.1, 0.15) is 45.4 Å². The third kappa shape index (κ3) is 6.36. The number of nitrogens with two attached hydrogens (primary N) is 1. The molecule has 0 aliphatic heterocycles. The Labute approximate surface area is 111 Å². The lowest BCUT2D eigenvalue weighted by atomic mass is 9.84. The molecule has 0 aromatic carbocycles. The number of ether oxygens (including phenoxy) is 1. The van der Waals surface area contributed by atoms with Gasteiger partial charge in [0.1, 0.15) is 0 Å².